The van der Waals surface area contributed by atoms with Crippen LogP contribution in [0.5, 0.6) is 0 Å². The molecule has 6 rings (SSSR count). The Labute approximate surface area is 196 Å². The molecule has 9 heteroatoms. The number of hydrogen-bond donors (Lipinski definition) is 0. The summed E-state index contributed by atoms with van der Waals surface area (Å²) in [5.41, 5.74) is 2.42. The Morgan fingerprint density at radius 2 is 1.62 bits per heavy atom. The molecular formula is C25H24N6O3. The smallest absolute Gasteiger partial charge is 0.257 e. The molecule has 1 aliphatic heterocycles. The van der Waals surface area contributed by atoms with Crippen LogP contribution in [0.1, 0.15) is 40.8 Å². The molecule has 2 aliphatic rings. The molecule has 172 valence electrons. The summed E-state index contributed by atoms with van der Waals surface area (Å²) in [6, 6.07) is 17.2. The molecule has 3 heterocycles. The first-order chi connectivity index (χ1) is 16.7. The van der Waals surface area contributed by atoms with Crippen LogP contribution in [0.2, 0.25) is 0 Å². The largest absolute Gasteiger partial charge is 0.339 e. The average Bonchev–Trinajstić information content (AvgIpc) is 3.43. The third-order valence-electron chi connectivity index (χ3n) is 6.27. The molecule has 1 amide bonds. The summed E-state index contributed by atoms with van der Waals surface area (Å²) in [5.74, 6) is 2.92. The number of piperazine rings is 1. The Morgan fingerprint density at radius 3 is 2.35 bits per heavy atom. The van der Waals surface area contributed by atoms with Gasteiger partial charge in [-0.25, -0.2) is 0 Å². The number of carbonyl (C=O) groups excluding carboxylic acids is 1. The summed E-state index contributed by atoms with van der Waals surface area (Å²) in [6.07, 6.45) is 2.23. The van der Waals surface area contributed by atoms with Gasteiger partial charge in [-0.2, -0.15) is 9.97 Å². The van der Waals surface area contributed by atoms with E-state index in [0.29, 0.717) is 54.5 Å². The third kappa shape index (κ3) is 4.34. The maximum absolute atomic E-state index is 13.0. The SMILES string of the molecule is O=C(c1ccc(-c2noc(C3CC3)n2)cc1)N1CCN(Cc2noc(-c3ccccc3)n2)CC1. The van der Waals surface area contributed by atoms with Crippen LogP contribution >= 0.6 is 0 Å². The lowest BCUT2D eigenvalue weighted by Crippen LogP contribution is -2.48. The van der Waals surface area contributed by atoms with E-state index in [4.69, 9.17) is 9.05 Å². The van der Waals surface area contributed by atoms with Crippen LogP contribution in [0, 0.1) is 0 Å². The average molecular weight is 457 g/mol. The van der Waals surface area contributed by atoms with Crippen molar-refractivity contribution in [1.82, 2.24) is 30.1 Å². The first kappa shape index (κ1) is 20.7. The van der Waals surface area contributed by atoms with Gasteiger partial charge < -0.3 is 13.9 Å². The highest BCUT2D eigenvalue weighted by atomic mass is 16.5. The molecule has 2 aromatic carbocycles. The van der Waals surface area contributed by atoms with Crippen molar-refractivity contribution < 1.29 is 13.8 Å². The number of carbonyl (C=O) groups is 1. The van der Waals surface area contributed by atoms with Crippen molar-refractivity contribution in [3.63, 3.8) is 0 Å². The lowest BCUT2D eigenvalue weighted by molar-refractivity contribution is 0.0624. The molecule has 9 nitrogen and oxygen atoms in total. The van der Waals surface area contributed by atoms with Crippen LogP contribution in [-0.4, -0.2) is 62.2 Å². The number of amides is 1. The molecule has 1 aliphatic carbocycles. The second kappa shape index (κ2) is 8.83. The number of rotatable bonds is 6. The summed E-state index contributed by atoms with van der Waals surface area (Å²) in [6.45, 7) is 3.41. The van der Waals surface area contributed by atoms with Crippen molar-refractivity contribution in [3.8, 4) is 22.8 Å². The molecule has 0 radical (unpaired) electrons. The van der Waals surface area contributed by atoms with Gasteiger partial charge in [0.2, 0.25) is 11.7 Å². The molecule has 0 N–H and O–H groups in total. The van der Waals surface area contributed by atoms with E-state index in [-0.39, 0.29) is 5.91 Å². The minimum atomic E-state index is 0.0314. The first-order valence-electron chi connectivity index (χ1n) is 11.6. The van der Waals surface area contributed by atoms with Gasteiger partial charge in [0.25, 0.3) is 11.8 Å². The molecule has 1 saturated carbocycles. The van der Waals surface area contributed by atoms with Crippen molar-refractivity contribution in [1.29, 1.82) is 0 Å². The quantitative estimate of drug-likeness (QED) is 0.434. The highest BCUT2D eigenvalue weighted by Crippen LogP contribution is 2.39. The number of nitrogens with zero attached hydrogens (tertiary/aromatic N) is 6. The van der Waals surface area contributed by atoms with Crippen molar-refractivity contribution in [2.75, 3.05) is 26.2 Å². The zero-order valence-corrected chi connectivity index (χ0v) is 18.6. The van der Waals surface area contributed by atoms with E-state index in [2.05, 4.69) is 25.2 Å². The molecule has 0 unspecified atom stereocenters. The van der Waals surface area contributed by atoms with Gasteiger partial charge >= 0.3 is 0 Å². The molecule has 2 aromatic heterocycles. The van der Waals surface area contributed by atoms with Gasteiger partial charge in [-0.1, -0.05) is 40.6 Å². The molecule has 4 aromatic rings. The molecule has 0 atom stereocenters. The zero-order valence-electron chi connectivity index (χ0n) is 18.6. The fraction of sp³-hybridized carbons (Fsp3) is 0.320. The Morgan fingerprint density at radius 1 is 0.853 bits per heavy atom. The Kier molecular flexibility index (Phi) is 5.38. The number of benzene rings is 2. The van der Waals surface area contributed by atoms with E-state index in [1.165, 1.54) is 0 Å². The number of aromatic nitrogens is 4. The minimum Gasteiger partial charge on any atom is -0.339 e. The summed E-state index contributed by atoms with van der Waals surface area (Å²) in [4.78, 5) is 26.1. The standard InChI is InChI=1S/C25H24N6O3/c32-25(20-10-6-17(7-11-20)22-27-24(34-29-22)19-8-9-19)31-14-12-30(13-15-31)16-21-26-23(33-28-21)18-4-2-1-3-5-18/h1-7,10-11,19H,8-9,12-16H2. The van der Waals surface area contributed by atoms with Gasteiger partial charge in [0.1, 0.15) is 0 Å². The Hall–Kier alpha value is -3.85. The van der Waals surface area contributed by atoms with Gasteiger partial charge in [-0.15, -0.1) is 0 Å². The monoisotopic (exact) mass is 456 g/mol. The fourth-order valence-electron chi connectivity index (χ4n) is 4.12. The predicted octanol–water partition coefficient (Wildman–Crippen LogP) is 3.62. The van der Waals surface area contributed by atoms with Gasteiger partial charge in [0, 0.05) is 48.8 Å². The summed E-state index contributed by atoms with van der Waals surface area (Å²) in [7, 11) is 0. The van der Waals surface area contributed by atoms with Crippen LogP contribution in [0.25, 0.3) is 22.8 Å². The highest BCUT2D eigenvalue weighted by Gasteiger charge is 2.30. The van der Waals surface area contributed by atoms with Crippen molar-refractivity contribution in [2.45, 2.75) is 25.3 Å². The molecule has 0 bridgehead atoms. The van der Waals surface area contributed by atoms with Gasteiger partial charge in [-0.05, 0) is 37.1 Å². The summed E-state index contributed by atoms with van der Waals surface area (Å²) >= 11 is 0. The molecule has 0 spiro atoms. The second-order valence-corrected chi connectivity index (χ2v) is 8.76. The van der Waals surface area contributed by atoms with Gasteiger partial charge in [0.05, 0.1) is 6.54 Å². The van der Waals surface area contributed by atoms with Crippen LogP contribution in [0.3, 0.4) is 0 Å². The van der Waals surface area contributed by atoms with E-state index in [1.54, 1.807) is 0 Å². The van der Waals surface area contributed by atoms with E-state index in [1.807, 2.05) is 59.5 Å². The normalized spacial score (nSPS) is 16.6. The summed E-state index contributed by atoms with van der Waals surface area (Å²) in [5, 5.41) is 8.18. The predicted molar refractivity (Wildman–Crippen MR) is 123 cm³/mol. The minimum absolute atomic E-state index is 0.0314. The van der Waals surface area contributed by atoms with E-state index < -0.39 is 0 Å². The van der Waals surface area contributed by atoms with Crippen LogP contribution < -0.4 is 0 Å². The first-order valence-corrected chi connectivity index (χ1v) is 11.6. The Balaban J connectivity index is 1.03. The molecule has 2 fully saturated rings. The van der Waals surface area contributed by atoms with Crippen molar-refractivity contribution in [3.05, 3.63) is 71.9 Å². The van der Waals surface area contributed by atoms with Crippen LogP contribution in [-0.2, 0) is 6.54 Å². The van der Waals surface area contributed by atoms with Crippen molar-refractivity contribution in [2.24, 2.45) is 0 Å². The van der Waals surface area contributed by atoms with Crippen LogP contribution in [0.15, 0.2) is 63.6 Å². The zero-order chi connectivity index (χ0) is 22.9. The summed E-state index contributed by atoms with van der Waals surface area (Å²) < 4.78 is 10.7. The van der Waals surface area contributed by atoms with E-state index in [0.717, 1.165) is 37.1 Å². The van der Waals surface area contributed by atoms with E-state index >= 15 is 0 Å². The van der Waals surface area contributed by atoms with Gasteiger partial charge in [0.15, 0.2) is 5.82 Å². The van der Waals surface area contributed by atoms with Crippen molar-refractivity contribution >= 4 is 5.91 Å². The molecule has 1 saturated heterocycles. The second-order valence-electron chi connectivity index (χ2n) is 8.76. The number of hydrogen-bond acceptors (Lipinski definition) is 8. The lowest BCUT2D eigenvalue weighted by Gasteiger charge is -2.34. The Bertz CT molecular complexity index is 1270. The third-order valence-corrected chi connectivity index (χ3v) is 6.27. The topological polar surface area (TPSA) is 101 Å². The van der Waals surface area contributed by atoms with E-state index in [9.17, 15) is 4.79 Å². The maximum Gasteiger partial charge on any atom is 0.257 e. The maximum atomic E-state index is 13.0. The highest BCUT2D eigenvalue weighted by molar-refractivity contribution is 5.94. The molecule has 34 heavy (non-hydrogen) atoms. The fourth-order valence-corrected chi connectivity index (χ4v) is 4.12. The van der Waals surface area contributed by atoms with Gasteiger partial charge in [-0.3, -0.25) is 9.69 Å². The molecular weight excluding hydrogens is 432 g/mol. The lowest BCUT2D eigenvalue weighted by atomic mass is 10.1. The van der Waals surface area contributed by atoms with Crippen LogP contribution in [0.4, 0.5) is 0 Å².